The predicted octanol–water partition coefficient (Wildman–Crippen LogP) is 2.94. The minimum Gasteiger partial charge on any atom is -0.497 e. The van der Waals surface area contributed by atoms with Crippen molar-refractivity contribution in [2.45, 2.75) is 30.6 Å². The predicted molar refractivity (Wildman–Crippen MR) is 103 cm³/mol. The van der Waals surface area contributed by atoms with Crippen LogP contribution in [0.25, 0.3) is 0 Å². The fourth-order valence-electron chi connectivity index (χ4n) is 3.20. The number of sulfonamides is 1. The number of fused-ring (bicyclic) bond motifs is 1. The van der Waals surface area contributed by atoms with E-state index >= 15 is 0 Å². The van der Waals surface area contributed by atoms with Gasteiger partial charge in [-0.15, -0.1) is 0 Å². The molecule has 0 unspecified atom stereocenters. The number of hydrogen-bond acceptors (Lipinski definition) is 5. The lowest BCUT2D eigenvalue weighted by atomic mass is 9.92. The molecule has 0 spiro atoms. The molecule has 1 aliphatic rings. The zero-order valence-electron chi connectivity index (χ0n) is 15.7. The quantitative estimate of drug-likeness (QED) is 0.701. The van der Waals surface area contributed by atoms with Crippen LogP contribution < -0.4 is 18.9 Å². The van der Waals surface area contributed by atoms with E-state index in [1.165, 1.54) is 12.7 Å². The Morgan fingerprint density at radius 1 is 0.926 bits per heavy atom. The van der Waals surface area contributed by atoms with Gasteiger partial charge in [0.05, 0.1) is 14.2 Å². The Morgan fingerprint density at radius 3 is 2.19 bits per heavy atom. The SMILES string of the molecule is COc1ccc(OCCNS(=O)(=O)c2cc3c(cc2OC)CCCC3)cc1. The molecule has 27 heavy (non-hydrogen) atoms. The number of hydrogen-bond donors (Lipinski definition) is 1. The molecule has 0 aliphatic heterocycles. The summed E-state index contributed by atoms with van der Waals surface area (Å²) in [6, 6.07) is 10.7. The lowest BCUT2D eigenvalue weighted by Gasteiger charge is -2.19. The minimum atomic E-state index is -3.68. The zero-order chi connectivity index (χ0) is 19.3. The summed E-state index contributed by atoms with van der Waals surface area (Å²) < 4.78 is 44.0. The van der Waals surface area contributed by atoms with Crippen LogP contribution in [-0.4, -0.2) is 35.8 Å². The zero-order valence-corrected chi connectivity index (χ0v) is 16.5. The summed E-state index contributed by atoms with van der Waals surface area (Å²) in [5.41, 5.74) is 2.27. The van der Waals surface area contributed by atoms with E-state index in [1.54, 1.807) is 37.4 Å². The summed E-state index contributed by atoms with van der Waals surface area (Å²) >= 11 is 0. The van der Waals surface area contributed by atoms with Crippen LogP contribution in [0.3, 0.4) is 0 Å². The van der Waals surface area contributed by atoms with Crippen LogP contribution in [0.1, 0.15) is 24.0 Å². The molecule has 3 rings (SSSR count). The molecule has 0 bridgehead atoms. The Hall–Kier alpha value is -2.25. The Labute approximate surface area is 160 Å². The van der Waals surface area contributed by atoms with E-state index in [0.717, 1.165) is 37.0 Å². The second-order valence-corrected chi connectivity index (χ2v) is 8.14. The maximum absolute atomic E-state index is 12.7. The monoisotopic (exact) mass is 391 g/mol. The van der Waals surface area contributed by atoms with Gasteiger partial charge in [-0.25, -0.2) is 13.1 Å². The summed E-state index contributed by atoms with van der Waals surface area (Å²) in [7, 11) is -0.583. The van der Waals surface area contributed by atoms with Crippen molar-refractivity contribution in [3.63, 3.8) is 0 Å². The van der Waals surface area contributed by atoms with Crippen LogP contribution in [0.4, 0.5) is 0 Å². The van der Waals surface area contributed by atoms with E-state index in [9.17, 15) is 8.42 Å². The largest absolute Gasteiger partial charge is 0.497 e. The highest BCUT2D eigenvalue weighted by Gasteiger charge is 2.22. The molecule has 6 nitrogen and oxygen atoms in total. The maximum atomic E-state index is 12.7. The molecule has 1 N–H and O–H groups in total. The molecule has 0 atom stereocenters. The highest BCUT2D eigenvalue weighted by atomic mass is 32.2. The van der Waals surface area contributed by atoms with E-state index in [4.69, 9.17) is 14.2 Å². The number of benzene rings is 2. The fourth-order valence-corrected chi connectivity index (χ4v) is 4.42. The number of aryl methyl sites for hydroxylation is 2. The van der Waals surface area contributed by atoms with Crippen LogP contribution >= 0.6 is 0 Å². The molecule has 2 aromatic carbocycles. The van der Waals surface area contributed by atoms with Crippen LogP contribution in [0.2, 0.25) is 0 Å². The highest BCUT2D eigenvalue weighted by molar-refractivity contribution is 7.89. The topological polar surface area (TPSA) is 73.9 Å². The van der Waals surface area contributed by atoms with E-state index in [0.29, 0.717) is 11.5 Å². The first-order chi connectivity index (χ1) is 13.0. The van der Waals surface area contributed by atoms with Crippen molar-refractivity contribution in [2.75, 3.05) is 27.4 Å². The van der Waals surface area contributed by atoms with Gasteiger partial charge in [0.15, 0.2) is 0 Å². The first-order valence-corrected chi connectivity index (χ1v) is 10.5. The molecule has 7 heteroatoms. The molecule has 2 aromatic rings. The van der Waals surface area contributed by atoms with E-state index in [-0.39, 0.29) is 18.0 Å². The van der Waals surface area contributed by atoms with Gasteiger partial charge in [0, 0.05) is 6.54 Å². The van der Waals surface area contributed by atoms with Crippen molar-refractivity contribution < 1.29 is 22.6 Å². The lowest BCUT2D eigenvalue weighted by Crippen LogP contribution is -2.29. The van der Waals surface area contributed by atoms with Crippen molar-refractivity contribution in [3.05, 3.63) is 47.5 Å². The average molecular weight is 391 g/mol. The molecule has 0 saturated carbocycles. The lowest BCUT2D eigenvalue weighted by molar-refractivity contribution is 0.321. The number of methoxy groups -OCH3 is 2. The molecule has 0 fully saturated rings. The maximum Gasteiger partial charge on any atom is 0.244 e. The Morgan fingerprint density at radius 2 is 1.56 bits per heavy atom. The van der Waals surface area contributed by atoms with Crippen LogP contribution in [-0.2, 0) is 22.9 Å². The van der Waals surface area contributed by atoms with Gasteiger partial charge in [0.2, 0.25) is 10.0 Å². The van der Waals surface area contributed by atoms with Gasteiger partial charge < -0.3 is 14.2 Å². The first kappa shape index (κ1) is 19.5. The van der Waals surface area contributed by atoms with E-state index in [2.05, 4.69) is 4.72 Å². The first-order valence-electron chi connectivity index (χ1n) is 9.00. The summed E-state index contributed by atoms with van der Waals surface area (Å²) in [6.07, 6.45) is 4.09. The minimum absolute atomic E-state index is 0.161. The standard InChI is InChI=1S/C20H25NO5S/c1-24-17-7-9-18(10-8-17)26-12-11-21-27(22,23)20-14-16-6-4-3-5-15(16)13-19(20)25-2/h7-10,13-14,21H,3-6,11-12H2,1-2H3. The third kappa shape index (κ3) is 4.73. The van der Waals surface area contributed by atoms with Crippen LogP contribution in [0.5, 0.6) is 17.2 Å². The highest BCUT2D eigenvalue weighted by Crippen LogP contribution is 2.31. The number of rotatable bonds is 8. The summed E-state index contributed by atoms with van der Waals surface area (Å²) in [6.45, 7) is 0.382. The molecule has 0 radical (unpaired) electrons. The van der Waals surface area contributed by atoms with Gasteiger partial charge in [0.25, 0.3) is 0 Å². The second kappa shape index (κ2) is 8.63. The molecule has 1 aliphatic carbocycles. The van der Waals surface area contributed by atoms with Crippen molar-refractivity contribution in [3.8, 4) is 17.2 Å². The van der Waals surface area contributed by atoms with Crippen LogP contribution in [0, 0.1) is 0 Å². The molecule has 0 heterocycles. The van der Waals surface area contributed by atoms with Gasteiger partial charge in [-0.2, -0.15) is 0 Å². The fraction of sp³-hybridized carbons (Fsp3) is 0.400. The van der Waals surface area contributed by atoms with Crippen LogP contribution in [0.15, 0.2) is 41.3 Å². The normalized spacial score (nSPS) is 13.7. The Bertz CT molecular complexity index is 878. The van der Waals surface area contributed by atoms with Crippen molar-refractivity contribution >= 4 is 10.0 Å². The molecule has 146 valence electrons. The molecule has 0 aromatic heterocycles. The molecular formula is C20H25NO5S. The van der Waals surface area contributed by atoms with Crippen molar-refractivity contribution in [1.29, 1.82) is 0 Å². The van der Waals surface area contributed by atoms with Gasteiger partial charge in [-0.3, -0.25) is 0 Å². The van der Waals surface area contributed by atoms with Gasteiger partial charge in [-0.05, 0) is 73.2 Å². The summed E-state index contributed by atoms with van der Waals surface area (Å²) in [5, 5.41) is 0. The second-order valence-electron chi connectivity index (χ2n) is 6.40. The van der Waals surface area contributed by atoms with E-state index in [1.807, 2.05) is 6.07 Å². The average Bonchev–Trinajstić information content (AvgIpc) is 2.70. The summed E-state index contributed by atoms with van der Waals surface area (Å²) in [4.78, 5) is 0.190. The molecular weight excluding hydrogens is 366 g/mol. The Balaban J connectivity index is 1.64. The molecule has 0 saturated heterocycles. The third-order valence-corrected chi connectivity index (χ3v) is 6.12. The van der Waals surface area contributed by atoms with E-state index < -0.39 is 10.0 Å². The number of ether oxygens (including phenoxy) is 3. The third-order valence-electron chi connectivity index (χ3n) is 4.64. The van der Waals surface area contributed by atoms with Gasteiger partial charge >= 0.3 is 0 Å². The smallest absolute Gasteiger partial charge is 0.244 e. The van der Waals surface area contributed by atoms with Crippen molar-refractivity contribution in [2.24, 2.45) is 0 Å². The molecule has 0 amide bonds. The van der Waals surface area contributed by atoms with Crippen molar-refractivity contribution in [1.82, 2.24) is 4.72 Å². The Kier molecular flexibility index (Phi) is 6.23. The summed E-state index contributed by atoms with van der Waals surface area (Å²) in [5.74, 6) is 1.78. The van der Waals surface area contributed by atoms with Gasteiger partial charge in [0.1, 0.15) is 28.8 Å². The number of nitrogens with one attached hydrogen (secondary N) is 1. The van der Waals surface area contributed by atoms with Gasteiger partial charge in [-0.1, -0.05) is 0 Å².